The fraction of sp³-hybridized carbons (Fsp3) is 0.167. The lowest BCUT2D eigenvalue weighted by atomic mass is 10.0. The number of hydrogen-bond acceptors (Lipinski definition) is 4. The Labute approximate surface area is 158 Å². The van der Waals surface area contributed by atoms with Crippen LogP contribution in [0.25, 0.3) is 0 Å². The number of esters is 1. The number of amides is 2. The average molecular weight is 417 g/mol. The molecule has 0 bridgehead atoms. The Balaban J connectivity index is 1.83. The van der Waals surface area contributed by atoms with Crippen LogP contribution in [0.15, 0.2) is 42.5 Å². The third-order valence-corrected chi connectivity index (χ3v) is 4.03. The van der Waals surface area contributed by atoms with Gasteiger partial charge in [-0.25, -0.2) is 9.69 Å². The SMILES string of the molecule is O=C(OCN1C(=O)c2ccccc2C1=O)c1cc(C(F)(F)F)cc(C(F)(F)F)c1. The minimum atomic E-state index is -5.14. The summed E-state index contributed by atoms with van der Waals surface area (Å²) >= 11 is 0. The molecule has 0 spiro atoms. The zero-order chi connectivity index (χ0) is 21.6. The van der Waals surface area contributed by atoms with Crippen molar-refractivity contribution in [2.75, 3.05) is 6.73 Å². The van der Waals surface area contributed by atoms with E-state index < -0.39 is 53.6 Å². The highest BCUT2D eigenvalue weighted by Gasteiger charge is 2.39. The lowest BCUT2D eigenvalue weighted by molar-refractivity contribution is -0.143. The number of nitrogens with zero attached hydrogens (tertiary/aromatic N) is 1. The number of hydrogen-bond donors (Lipinski definition) is 0. The molecule has 1 aliphatic rings. The van der Waals surface area contributed by atoms with E-state index in [9.17, 15) is 40.7 Å². The Morgan fingerprint density at radius 2 is 1.28 bits per heavy atom. The van der Waals surface area contributed by atoms with Crippen molar-refractivity contribution in [3.63, 3.8) is 0 Å². The summed E-state index contributed by atoms with van der Waals surface area (Å²) in [7, 11) is 0. The Morgan fingerprint density at radius 3 is 1.69 bits per heavy atom. The van der Waals surface area contributed by atoms with Crippen molar-refractivity contribution >= 4 is 17.8 Å². The van der Waals surface area contributed by atoms with Crippen LogP contribution in [0.2, 0.25) is 0 Å². The second-order valence-corrected chi connectivity index (χ2v) is 5.94. The van der Waals surface area contributed by atoms with Crippen LogP contribution in [0.1, 0.15) is 42.2 Å². The molecular formula is C18H9F6NO4. The quantitative estimate of drug-likeness (QED) is 0.428. The first-order valence-corrected chi connectivity index (χ1v) is 7.81. The molecule has 2 aromatic rings. The van der Waals surface area contributed by atoms with Crippen LogP contribution >= 0.6 is 0 Å². The van der Waals surface area contributed by atoms with Crippen LogP contribution in [0.3, 0.4) is 0 Å². The molecular weight excluding hydrogens is 408 g/mol. The van der Waals surface area contributed by atoms with Crippen LogP contribution in [0.4, 0.5) is 26.3 Å². The number of benzene rings is 2. The van der Waals surface area contributed by atoms with Crippen molar-refractivity contribution in [1.82, 2.24) is 4.90 Å². The van der Waals surface area contributed by atoms with E-state index >= 15 is 0 Å². The van der Waals surface area contributed by atoms with Gasteiger partial charge in [0.15, 0.2) is 6.73 Å². The van der Waals surface area contributed by atoms with Crippen LogP contribution in [0.5, 0.6) is 0 Å². The van der Waals surface area contributed by atoms with Gasteiger partial charge in [0, 0.05) is 0 Å². The molecule has 152 valence electrons. The van der Waals surface area contributed by atoms with Crippen LogP contribution < -0.4 is 0 Å². The fourth-order valence-corrected chi connectivity index (χ4v) is 2.64. The molecule has 0 aromatic heterocycles. The van der Waals surface area contributed by atoms with Crippen molar-refractivity contribution in [1.29, 1.82) is 0 Å². The molecule has 0 radical (unpaired) electrons. The van der Waals surface area contributed by atoms with Gasteiger partial charge in [-0.2, -0.15) is 26.3 Å². The predicted octanol–water partition coefficient (Wildman–Crippen LogP) is 4.13. The highest BCUT2D eigenvalue weighted by Crippen LogP contribution is 2.36. The van der Waals surface area contributed by atoms with Crippen molar-refractivity contribution in [2.24, 2.45) is 0 Å². The maximum atomic E-state index is 12.9. The van der Waals surface area contributed by atoms with Crippen LogP contribution in [-0.2, 0) is 17.1 Å². The molecule has 29 heavy (non-hydrogen) atoms. The molecule has 5 nitrogen and oxygen atoms in total. The first-order valence-electron chi connectivity index (χ1n) is 7.81. The van der Waals surface area contributed by atoms with Crippen LogP contribution in [-0.4, -0.2) is 29.4 Å². The predicted molar refractivity (Wildman–Crippen MR) is 83.7 cm³/mol. The number of imide groups is 1. The van der Waals surface area contributed by atoms with Crippen molar-refractivity contribution in [2.45, 2.75) is 12.4 Å². The normalized spacial score (nSPS) is 14.2. The maximum absolute atomic E-state index is 12.9. The maximum Gasteiger partial charge on any atom is 0.416 e. The van der Waals surface area contributed by atoms with E-state index in [-0.39, 0.29) is 29.3 Å². The van der Waals surface area contributed by atoms with Gasteiger partial charge in [0.25, 0.3) is 11.8 Å². The summed E-state index contributed by atoms with van der Waals surface area (Å²) in [5.74, 6) is -3.17. The highest BCUT2D eigenvalue weighted by atomic mass is 19.4. The zero-order valence-electron chi connectivity index (χ0n) is 14.1. The molecule has 2 amide bonds. The molecule has 0 N–H and O–H groups in total. The van der Waals surface area contributed by atoms with E-state index in [0.29, 0.717) is 4.90 Å². The van der Waals surface area contributed by atoms with Gasteiger partial charge in [-0.3, -0.25) is 9.59 Å². The van der Waals surface area contributed by atoms with Gasteiger partial charge in [-0.05, 0) is 30.3 Å². The molecule has 0 atom stereocenters. The highest BCUT2D eigenvalue weighted by molar-refractivity contribution is 6.21. The Bertz CT molecular complexity index is 945. The number of alkyl halides is 6. The zero-order valence-corrected chi connectivity index (χ0v) is 14.1. The number of ether oxygens (including phenoxy) is 1. The van der Waals surface area contributed by atoms with E-state index in [1.54, 1.807) is 0 Å². The minimum Gasteiger partial charge on any atom is -0.440 e. The second kappa shape index (κ2) is 6.90. The van der Waals surface area contributed by atoms with Crippen molar-refractivity contribution in [3.05, 3.63) is 70.3 Å². The van der Waals surface area contributed by atoms with Gasteiger partial charge in [0.2, 0.25) is 0 Å². The largest absolute Gasteiger partial charge is 0.440 e. The molecule has 1 heterocycles. The summed E-state index contributed by atoms with van der Waals surface area (Å²) in [5.41, 5.74) is -4.34. The average Bonchev–Trinajstić information content (AvgIpc) is 2.89. The third-order valence-electron chi connectivity index (χ3n) is 4.03. The summed E-state index contributed by atoms with van der Waals surface area (Å²) in [6.45, 7) is -0.969. The smallest absolute Gasteiger partial charge is 0.416 e. The topological polar surface area (TPSA) is 63.7 Å². The second-order valence-electron chi connectivity index (χ2n) is 5.94. The minimum absolute atomic E-state index is 0.0342. The summed E-state index contributed by atoms with van der Waals surface area (Å²) in [6.07, 6.45) is -10.3. The van der Waals surface area contributed by atoms with Crippen molar-refractivity contribution < 1.29 is 45.5 Å². The Hall–Kier alpha value is -3.37. The van der Waals surface area contributed by atoms with E-state index in [2.05, 4.69) is 4.74 Å². The molecule has 11 heteroatoms. The molecule has 3 rings (SSSR count). The van der Waals surface area contributed by atoms with E-state index in [1.165, 1.54) is 24.3 Å². The molecule has 2 aromatic carbocycles. The number of fused-ring (bicyclic) bond motifs is 1. The molecule has 1 aliphatic heterocycles. The summed E-state index contributed by atoms with van der Waals surface area (Å²) < 4.78 is 81.8. The van der Waals surface area contributed by atoms with Crippen molar-refractivity contribution in [3.8, 4) is 0 Å². The number of carbonyl (C=O) groups is 3. The van der Waals surface area contributed by atoms with Gasteiger partial charge in [0.05, 0.1) is 27.8 Å². The Morgan fingerprint density at radius 1 is 0.828 bits per heavy atom. The van der Waals surface area contributed by atoms with E-state index in [1.807, 2.05) is 0 Å². The molecule has 0 saturated heterocycles. The van der Waals surface area contributed by atoms with E-state index in [0.717, 1.165) is 0 Å². The van der Waals surface area contributed by atoms with Gasteiger partial charge in [-0.1, -0.05) is 12.1 Å². The molecule has 0 aliphatic carbocycles. The standard InChI is InChI=1S/C18H9F6NO4/c19-17(20,21)10-5-9(6-11(7-10)18(22,23)24)16(28)29-8-25-14(26)12-3-1-2-4-13(12)15(25)27/h1-7H,8H2. The lowest BCUT2D eigenvalue weighted by Crippen LogP contribution is -2.33. The van der Waals surface area contributed by atoms with E-state index in [4.69, 9.17) is 0 Å². The monoisotopic (exact) mass is 417 g/mol. The van der Waals surface area contributed by atoms with Gasteiger partial charge in [0.1, 0.15) is 0 Å². The summed E-state index contributed by atoms with van der Waals surface area (Å²) in [6, 6.07) is 5.92. The fourth-order valence-electron chi connectivity index (χ4n) is 2.64. The summed E-state index contributed by atoms with van der Waals surface area (Å²) in [4.78, 5) is 36.8. The summed E-state index contributed by atoms with van der Waals surface area (Å²) in [5, 5.41) is 0. The first kappa shape index (κ1) is 20.4. The van der Waals surface area contributed by atoms with Gasteiger partial charge in [-0.15, -0.1) is 0 Å². The number of rotatable bonds is 3. The number of carbonyl (C=O) groups excluding carboxylic acids is 3. The first-order chi connectivity index (χ1) is 13.4. The van der Waals surface area contributed by atoms with Crippen LogP contribution in [0, 0.1) is 0 Å². The van der Waals surface area contributed by atoms with Gasteiger partial charge < -0.3 is 4.74 Å². The molecule has 0 saturated carbocycles. The lowest BCUT2D eigenvalue weighted by Gasteiger charge is -2.16. The Kier molecular flexibility index (Phi) is 4.85. The third kappa shape index (κ3) is 3.93. The van der Waals surface area contributed by atoms with Gasteiger partial charge >= 0.3 is 18.3 Å². The molecule has 0 fully saturated rings. The number of halogens is 6. The molecule has 0 unspecified atom stereocenters.